The summed E-state index contributed by atoms with van der Waals surface area (Å²) in [5, 5.41) is 9.09. The largest absolute Gasteiger partial charge is 0.481 e. The van der Waals surface area contributed by atoms with E-state index in [2.05, 4.69) is 0 Å². The second kappa shape index (κ2) is 5.27. The van der Waals surface area contributed by atoms with E-state index >= 15 is 0 Å². The van der Waals surface area contributed by atoms with Gasteiger partial charge in [-0.2, -0.15) is 0 Å². The Kier molecular flexibility index (Phi) is 3.71. The fourth-order valence-electron chi connectivity index (χ4n) is 2.19. The Morgan fingerprint density at radius 2 is 2.16 bits per heavy atom. The minimum absolute atomic E-state index is 0.133. The standard InChI is InChI=1S/C13H16N2O4/c1-15(11-7-19-6-10(11)13(17)18)12(16)8-3-2-4-9(14)5-8/h2-5,10-11H,6-7,14H2,1H3,(H,17,18). The van der Waals surface area contributed by atoms with Crippen LogP contribution in [0.25, 0.3) is 0 Å². The van der Waals surface area contributed by atoms with Crippen molar-refractivity contribution in [2.75, 3.05) is 26.0 Å². The first-order valence-corrected chi connectivity index (χ1v) is 5.94. The van der Waals surface area contributed by atoms with Gasteiger partial charge >= 0.3 is 5.97 Å². The second-order valence-electron chi connectivity index (χ2n) is 4.59. The molecule has 102 valence electrons. The van der Waals surface area contributed by atoms with Crippen LogP contribution in [0, 0.1) is 5.92 Å². The molecule has 0 aromatic heterocycles. The lowest BCUT2D eigenvalue weighted by Gasteiger charge is -2.26. The first kappa shape index (κ1) is 13.4. The summed E-state index contributed by atoms with van der Waals surface area (Å²) in [5.74, 6) is -1.89. The number of rotatable bonds is 3. The van der Waals surface area contributed by atoms with Gasteiger partial charge in [0.25, 0.3) is 5.91 Å². The lowest BCUT2D eigenvalue weighted by molar-refractivity contribution is -0.142. The molecule has 0 saturated carbocycles. The molecule has 0 bridgehead atoms. The van der Waals surface area contributed by atoms with E-state index in [0.717, 1.165) is 0 Å². The molecule has 1 aromatic carbocycles. The average Bonchev–Trinajstić information content (AvgIpc) is 2.86. The van der Waals surface area contributed by atoms with Crippen molar-refractivity contribution < 1.29 is 19.4 Å². The van der Waals surface area contributed by atoms with E-state index in [1.807, 2.05) is 0 Å². The molecule has 0 spiro atoms. The maximum Gasteiger partial charge on any atom is 0.311 e. The van der Waals surface area contributed by atoms with E-state index in [1.54, 1.807) is 31.3 Å². The van der Waals surface area contributed by atoms with E-state index in [9.17, 15) is 9.59 Å². The number of hydrogen-bond donors (Lipinski definition) is 2. The van der Waals surface area contributed by atoms with Crippen LogP contribution in [0.4, 0.5) is 5.69 Å². The Labute approximate surface area is 110 Å². The van der Waals surface area contributed by atoms with Crippen molar-refractivity contribution in [2.24, 2.45) is 5.92 Å². The maximum atomic E-state index is 12.3. The molecule has 2 atom stereocenters. The van der Waals surface area contributed by atoms with Gasteiger partial charge in [-0.1, -0.05) is 6.07 Å². The Bertz CT molecular complexity index is 503. The van der Waals surface area contributed by atoms with Gasteiger partial charge in [0.05, 0.1) is 19.3 Å². The summed E-state index contributed by atoms with van der Waals surface area (Å²) in [7, 11) is 1.58. The molecule has 1 saturated heterocycles. The quantitative estimate of drug-likeness (QED) is 0.773. The van der Waals surface area contributed by atoms with Gasteiger partial charge in [0, 0.05) is 18.3 Å². The minimum atomic E-state index is -0.949. The number of carbonyl (C=O) groups is 2. The lowest BCUT2D eigenvalue weighted by Crippen LogP contribution is -2.44. The van der Waals surface area contributed by atoms with Gasteiger partial charge in [0.2, 0.25) is 0 Å². The molecule has 1 aromatic rings. The van der Waals surface area contributed by atoms with Crippen LogP contribution >= 0.6 is 0 Å². The molecule has 1 fully saturated rings. The third-order valence-electron chi connectivity index (χ3n) is 3.32. The van der Waals surface area contributed by atoms with Crippen LogP contribution in [0.1, 0.15) is 10.4 Å². The molecule has 1 aliphatic rings. The molecule has 6 nitrogen and oxygen atoms in total. The predicted octanol–water partition coefficient (Wildman–Crippen LogP) is 0.440. The molecule has 0 aliphatic carbocycles. The van der Waals surface area contributed by atoms with Crippen molar-refractivity contribution >= 4 is 17.6 Å². The number of carboxylic acid groups (broad SMARTS) is 1. The first-order chi connectivity index (χ1) is 9.00. The van der Waals surface area contributed by atoms with Crippen molar-refractivity contribution in [3.05, 3.63) is 29.8 Å². The lowest BCUT2D eigenvalue weighted by atomic mass is 10.0. The third-order valence-corrected chi connectivity index (χ3v) is 3.32. The van der Waals surface area contributed by atoms with Gasteiger partial charge in [0.1, 0.15) is 5.92 Å². The van der Waals surface area contributed by atoms with Crippen LogP contribution in [0.2, 0.25) is 0 Å². The molecule has 1 aliphatic heterocycles. The smallest absolute Gasteiger partial charge is 0.311 e. The molecule has 1 heterocycles. The number of hydrogen-bond acceptors (Lipinski definition) is 4. The third kappa shape index (κ3) is 2.68. The first-order valence-electron chi connectivity index (χ1n) is 5.94. The molecular formula is C13H16N2O4. The van der Waals surface area contributed by atoms with Gasteiger partial charge < -0.3 is 20.5 Å². The number of ether oxygens (including phenoxy) is 1. The van der Waals surface area contributed by atoms with Crippen molar-refractivity contribution in [1.29, 1.82) is 0 Å². The van der Waals surface area contributed by atoms with Crippen LogP contribution in [-0.4, -0.2) is 48.2 Å². The summed E-state index contributed by atoms with van der Waals surface area (Å²) >= 11 is 0. The predicted molar refractivity (Wildman–Crippen MR) is 68.7 cm³/mol. The number of amides is 1. The summed E-state index contributed by atoms with van der Waals surface area (Å²) in [4.78, 5) is 24.8. The molecule has 3 N–H and O–H groups in total. The Morgan fingerprint density at radius 1 is 1.42 bits per heavy atom. The van der Waals surface area contributed by atoms with Crippen LogP contribution in [0.3, 0.4) is 0 Å². The average molecular weight is 264 g/mol. The van der Waals surface area contributed by atoms with E-state index < -0.39 is 17.9 Å². The zero-order valence-electron chi connectivity index (χ0n) is 10.6. The molecule has 2 rings (SSSR count). The zero-order chi connectivity index (χ0) is 14.0. The van der Waals surface area contributed by atoms with Crippen LogP contribution in [0.5, 0.6) is 0 Å². The van der Waals surface area contributed by atoms with Gasteiger partial charge in [-0.25, -0.2) is 0 Å². The Hall–Kier alpha value is -2.08. The number of nitrogen functional groups attached to an aromatic ring is 1. The number of nitrogens with two attached hydrogens (primary N) is 1. The number of anilines is 1. The van der Waals surface area contributed by atoms with Gasteiger partial charge in [-0.05, 0) is 18.2 Å². The molecule has 2 unspecified atom stereocenters. The van der Waals surface area contributed by atoms with Crippen molar-refractivity contribution in [3.63, 3.8) is 0 Å². The van der Waals surface area contributed by atoms with Crippen molar-refractivity contribution in [2.45, 2.75) is 6.04 Å². The van der Waals surface area contributed by atoms with E-state index in [0.29, 0.717) is 11.3 Å². The highest BCUT2D eigenvalue weighted by atomic mass is 16.5. The molecular weight excluding hydrogens is 248 g/mol. The number of carbonyl (C=O) groups excluding carboxylic acids is 1. The monoisotopic (exact) mass is 264 g/mol. The molecule has 6 heteroatoms. The summed E-state index contributed by atoms with van der Waals surface area (Å²) in [6.07, 6.45) is 0. The van der Waals surface area contributed by atoms with Crippen molar-refractivity contribution in [3.8, 4) is 0 Å². The van der Waals surface area contributed by atoms with Crippen LogP contribution in [-0.2, 0) is 9.53 Å². The van der Waals surface area contributed by atoms with Gasteiger partial charge in [-0.3, -0.25) is 9.59 Å². The van der Waals surface area contributed by atoms with Crippen LogP contribution < -0.4 is 5.73 Å². The summed E-state index contributed by atoms with van der Waals surface area (Å²) < 4.78 is 5.16. The number of aliphatic carboxylic acids is 1. The summed E-state index contributed by atoms with van der Waals surface area (Å²) in [6.45, 7) is 0.371. The number of likely N-dealkylation sites (N-methyl/N-ethyl adjacent to an activating group) is 1. The fraction of sp³-hybridized carbons (Fsp3) is 0.385. The SMILES string of the molecule is CN(C(=O)c1cccc(N)c1)C1COCC1C(=O)O. The summed E-state index contributed by atoms with van der Waals surface area (Å²) in [5.41, 5.74) is 6.58. The highest BCUT2D eigenvalue weighted by molar-refractivity contribution is 5.95. The van der Waals surface area contributed by atoms with Gasteiger partial charge in [-0.15, -0.1) is 0 Å². The molecule has 19 heavy (non-hydrogen) atoms. The maximum absolute atomic E-state index is 12.3. The van der Waals surface area contributed by atoms with Gasteiger partial charge in [0.15, 0.2) is 0 Å². The zero-order valence-corrected chi connectivity index (χ0v) is 10.6. The molecule has 1 amide bonds. The normalized spacial score (nSPS) is 22.2. The van der Waals surface area contributed by atoms with E-state index in [4.69, 9.17) is 15.6 Å². The Balaban J connectivity index is 2.17. The molecule has 0 radical (unpaired) electrons. The summed E-state index contributed by atoms with van der Waals surface area (Å²) in [6, 6.07) is 6.16. The van der Waals surface area contributed by atoms with Crippen LogP contribution in [0.15, 0.2) is 24.3 Å². The second-order valence-corrected chi connectivity index (χ2v) is 4.59. The van der Waals surface area contributed by atoms with E-state index in [1.165, 1.54) is 4.90 Å². The number of nitrogens with zero attached hydrogens (tertiary/aromatic N) is 1. The van der Waals surface area contributed by atoms with E-state index in [-0.39, 0.29) is 19.1 Å². The topological polar surface area (TPSA) is 92.9 Å². The number of carboxylic acids is 1. The van der Waals surface area contributed by atoms with Crippen molar-refractivity contribution in [1.82, 2.24) is 4.90 Å². The highest BCUT2D eigenvalue weighted by Gasteiger charge is 2.38. The fourth-order valence-corrected chi connectivity index (χ4v) is 2.19. The Morgan fingerprint density at radius 3 is 2.79 bits per heavy atom. The highest BCUT2D eigenvalue weighted by Crippen LogP contribution is 2.21. The number of benzene rings is 1. The minimum Gasteiger partial charge on any atom is -0.481 e.